The quantitative estimate of drug-likeness (QED) is 0.0942. The molecule has 3 nitrogen and oxygen atoms in total. The molecule has 48 heavy (non-hydrogen) atoms. The van der Waals surface area contributed by atoms with Gasteiger partial charge in [-0.05, 0) is 97.9 Å². The molecule has 3 aromatic heterocycles. The van der Waals surface area contributed by atoms with Gasteiger partial charge in [0.2, 0.25) is 0 Å². The van der Waals surface area contributed by atoms with Gasteiger partial charge in [0, 0.05) is 35.3 Å². The Hall–Kier alpha value is -4.89. The van der Waals surface area contributed by atoms with Gasteiger partial charge >= 0.3 is 0 Å². The zero-order valence-electron chi connectivity index (χ0n) is 28.1. The van der Waals surface area contributed by atoms with Crippen LogP contribution in [0.25, 0.3) is 33.8 Å². The van der Waals surface area contributed by atoms with Gasteiger partial charge in [0.25, 0.3) is 0 Å². The molecule has 0 bridgehead atoms. The summed E-state index contributed by atoms with van der Waals surface area (Å²) < 4.78 is 0. The minimum Gasteiger partial charge on any atom is -0.256 e. The molecular formula is C45H47N3. The van der Waals surface area contributed by atoms with Gasteiger partial charge in [0.1, 0.15) is 0 Å². The summed E-state index contributed by atoms with van der Waals surface area (Å²) in [4.78, 5) is 14.2. The second-order valence-corrected chi connectivity index (χ2v) is 12.9. The maximum Gasteiger partial charge on any atom is 0.0704 e. The van der Waals surface area contributed by atoms with Crippen molar-refractivity contribution >= 4 is 0 Å². The van der Waals surface area contributed by atoms with E-state index in [-0.39, 0.29) is 0 Å². The van der Waals surface area contributed by atoms with Crippen LogP contribution >= 0.6 is 0 Å². The molecule has 0 N–H and O–H groups in total. The second-order valence-electron chi connectivity index (χ2n) is 12.9. The van der Waals surface area contributed by atoms with Crippen molar-refractivity contribution in [2.75, 3.05) is 0 Å². The van der Waals surface area contributed by atoms with Crippen LogP contribution in [0.2, 0.25) is 0 Å². The lowest BCUT2D eigenvalue weighted by molar-refractivity contribution is 0.627. The van der Waals surface area contributed by atoms with Crippen LogP contribution in [-0.4, -0.2) is 15.0 Å². The molecule has 242 valence electrons. The van der Waals surface area contributed by atoms with E-state index in [4.69, 9.17) is 9.97 Å². The Morgan fingerprint density at radius 3 is 1.42 bits per heavy atom. The fraction of sp³-hybridized carbons (Fsp3) is 0.267. The van der Waals surface area contributed by atoms with Crippen molar-refractivity contribution in [1.29, 1.82) is 0 Å². The number of aryl methyl sites for hydroxylation is 4. The number of hydrogen-bond acceptors (Lipinski definition) is 3. The van der Waals surface area contributed by atoms with Gasteiger partial charge in [-0.15, -0.1) is 0 Å². The van der Waals surface area contributed by atoms with Crippen molar-refractivity contribution in [3.8, 4) is 33.8 Å². The standard InChI is InChI=1S/C45H47N3/c1(8-18-36-30-31-46-44(32-36)39-22-14-6-15-23-39)3-10-26-41-33-45(40-24-16-7-17-25-40)48-35-42(41)27-11-4-2-9-19-37-28-29-43(47-34-37)38-20-12-5-13-21-38/h5-7,12-17,20-25,28-35H,1-4,8-11,18-19,26-27H2. The smallest absolute Gasteiger partial charge is 0.0704 e. The highest BCUT2D eigenvalue weighted by atomic mass is 14.7. The van der Waals surface area contributed by atoms with Crippen LogP contribution in [0.15, 0.2) is 140 Å². The number of unbranched alkanes of at least 4 members (excludes halogenated alkanes) is 6. The van der Waals surface area contributed by atoms with Crippen LogP contribution in [0.4, 0.5) is 0 Å². The van der Waals surface area contributed by atoms with E-state index in [9.17, 15) is 0 Å². The molecule has 0 saturated carbocycles. The molecule has 0 fully saturated rings. The van der Waals surface area contributed by atoms with E-state index in [0.717, 1.165) is 42.8 Å². The predicted octanol–water partition coefficient (Wildman–Crippen LogP) is 11.6. The first kappa shape index (κ1) is 33.0. The number of hydrogen-bond donors (Lipinski definition) is 0. The Morgan fingerprint density at radius 1 is 0.333 bits per heavy atom. The van der Waals surface area contributed by atoms with E-state index in [1.807, 2.05) is 12.3 Å². The van der Waals surface area contributed by atoms with Crippen molar-refractivity contribution < 1.29 is 0 Å². The van der Waals surface area contributed by atoms with Crippen molar-refractivity contribution in [3.05, 3.63) is 162 Å². The van der Waals surface area contributed by atoms with E-state index >= 15 is 0 Å². The highest BCUT2D eigenvalue weighted by Crippen LogP contribution is 2.24. The molecule has 6 rings (SSSR count). The molecule has 0 atom stereocenters. The first-order valence-electron chi connectivity index (χ1n) is 17.9. The van der Waals surface area contributed by atoms with E-state index in [2.05, 4.69) is 133 Å². The summed E-state index contributed by atoms with van der Waals surface area (Å²) >= 11 is 0. The zero-order valence-corrected chi connectivity index (χ0v) is 28.1. The Balaban J connectivity index is 0.954. The third kappa shape index (κ3) is 9.81. The van der Waals surface area contributed by atoms with Crippen molar-refractivity contribution in [3.63, 3.8) is 0 Å². The maximum absolute atomic E-state index is 4.90. The van der Waals surface area contributed by atoms with Gasteiger partial charge in [0.15, 0.2) is 0 Å². The molecule has 0 amide bonds. The van der Waals surface area contributed by atoms with Crippen molar-refractivity contribution in [2.24, 2.45) is 0 Å². The SMILES string of the molecule is c1ccc(-c2ccc(CCCCCCc3cnc(-c4ccccc4)cc3CCCCCCc3ccnc(-c4ccccc4)c3)cn2)cc1. The van der Waals surface area contributed by atoms with Gasteiger partial charge in [-0.25, -0.2) is 0 Å². The number of benzene rings is 3. The molecule has 0 radical (unpaired) electrons. The summed E-state index contributed by atoms with van der Waals surface area (Å²) in [5.41, 5.74) is 12.4. The summed E-state index contributed by atoms with van der Waals surface area (Å²) in [5.74, 6) is 0. The number of aromatic nitrogens is 3. The first-order chi connectivity index (χ1) is 23.8. The van der Waals surface area contributed by atoms with Crippen LogP contribution < -0.4 is 0 Å². The zero-order chi connectivity index (χ0) is 32.6. The average molecular weight is 630 g/mol. The largest absolute Gasteiger partial charge is 0.256 e. The Labute approximate surface area is 287 Å². The van der Waals surface area contributed by atoms with Crippen LogP contribution in [0.1, 0.15) is 73.6 Å². The molecule has 3 heteroatoms. The summed E-state index contributed by atoms with van der Waals surface area (Å²) in [7, 11) is 0. The first-order valence-corrected chi connectivity index (χ1v) is 17.9. The molecule has 6 aromatic rings. The van der Waals surface area contributed by atoms with Crippen LogP contribution in [0.3, 0.4) is 0 Å². The minimum absolute atomic E-state index is 1.05. The fourth-order valence-corrected chi connectivity index (χ4v) is 6.49. The van der Waals surface area contributed by atoms with E-state index in [1.54, 1.807) is 0 Å². The van der Waals surface area contributed by atoms with E-state index < -0.39 is 0 Å². The van der Waals surface area contributed by atoms with E-state index in [1.165, 1.54) is 90.3 Å². The molecule has 3 aromatic carbocycles. The third-order valence-electron chi connectivity index (χ3n) is 9.26. The summed E-state index contributed by atoms with van der Waals surface area (Å²) in [6, 6.07) is 42.7. The predicted molar refractivity (Wildman–Crippen MR) is 201 cm³/mol. The molecule has 0 aliphatic heterocycles. The average Bonchev–Trinajstić information content (AvgIpc) is 3.16. The summed E-state index contributed by atoms with van der Waals surface area (Å²) in [5, 5.41) is 0. The minimum atomic E-state index is 1.05. The summed E-state index contributed by atoms with van der Waals surface area (Å²) in [6.45, 7) is 0. The number of nitrogens with zero attached hydrogens (tertiary/aromatic N) is 3. The molecule has 0 aliphatic rings. The molecule has 0 saturated heterocycles. The maximum atomic E-state index is 4.90. The highest BCUT2D eigenvalue weighted by Gasteiger charge is 2.08. The second kappa shape index (κ2) is 17.9. The fourth-order valence-electron chi connectivity index (χ4n) is 6.49. The van der Waals surface area contributed by atoms with Crippen molar-refractivity contribution in [2.45, 2.75) is 77.0 Å². The molecule has 0 spiro atoms. The lowest BCUT2D eigenvalue weighted by atomic mass is 9.96. The normalized spacial score (nSPS) is 11.1. The van der Waals surface area contributed by atoms with Gasteiger partial charge in [-0.3, -0.25) is 15.0 Å². The van der Waals surface area contributed by atoms with Gasteiger partial charge in [-0.2, -0.15) is 0 Å². The van der Waals surface area contributed by atoms with Crippen LogP contribution in [0, 0.1) is 0 Å². The van der Waals surface area contributed by atoms with Crippen LogP contribution in [0.5, 0.6) is 0 Å². The van der Waals surface area contributed by atoms with Crippen LogP contribution in [-0.2, 0) is 25.7 Å². The molecule has 3 heterocycles. The topological polar surface area (TPSA) is 38.7 Å². The van der Waals surface area contributed by atoms with Crippen molar-refractivity contribution in [1.82, 2.24) is 15.0 Å². The van der Waals surface area contributed by atoms with Gasteiger partial charge in [0.05, 0.1) is 17.1 Å². The molecular weight excluding hydrogens is 583 g/mol. The van der Waals surface area contributed by atoms with Gasteiger partial charge in [-0.1, -0.05) is 123 Å². The highest BCUT2D eigenvalue weighted by molar-refractivity contribution is 5.61. The lowest BCUT2D eigenvalue weighted by Gasteiger charge is -2.12. The third-order valence-corrected chi connectivity index (χ3v) is 9.26. The monoisotopic (exact) mass is 629 g/mol. The lowest BCUT2D eigenvalue weighted by Crippen LogP contribution is -1.99. The number of pyridine rings is 3. The number of rotatable bonds is 17. The van der Waals surface area contributed by atoms with Gasteiger partial charge < -0.3 is 0 Å². The van der Waals surface area contributed by atoms with E-state index in [0.29, 0.717) is 0 Å². The Bertz CT molecular complexity index is 1800. The Kier molecular flexibility index (Phi) is 12.3. The molecule has 0 unspecified atom stereocenters. The summed E-state index contributed by atoms with van der Waals surface area (Å²) in [6.07, 6.45) is 20.4. The molecule has 0 aliphatic carbocycles. The Morgan fingerprint density at radius 2 is 0.833 bits per heavy atom.